The van der Waals surface area contributed by atoms with Crippen molar-refractivity contribution in [3.63, 3.8) is 0 Å². The Kier molecular flexibility index (Phi) is 6.87. The summed E-state index contributed by atoms with van der Waals surface area (Å²) in [4.78, 5) is 38.9. The molecule has 0 atom stereocenters. The number of allylic oxidation sites excluding steroid dienone is 4. The number of hydrogen-bond donors (Lipinski definition) is 0. The predicted octanol–water partition coefficient (Wildman–Crippen LogP) is 6.74. The molecule has 36 heavy (non-hydrogen) atoms. The highest BCUT2D eigenvalue weighted by atomic mass is 79.9. The highest BCUT2D eigenvalue weighted by Gasteiger charge is 2.42. The van der Waals surface area contributed by atoms with Gasteiger partial charge < -0.3 is 9.64 Å². The minimum Gasteiger partial charge on any atom is -0.487 e. The zero-order chi connectivity index (χ0) is 25.6. The Labute approximate surface area is 225 Å². The molecule has 0 N–H and O–H groups in total. The van der Waals surface area contributed by atoms with Crippen molar-refractivity contribution < 1.29 is 19.2 Å². The van der Waals surface area contributed by atoms with Crippen molar-refractivity contribution in [1.29, 1.82) is 0 Å². The first-order valence-electron chi connectivity index (χ1n) is 11.9. The Bertz CT molecular complexity index is 1280. The number of hydrogen-bond acceptors (Lipinski definition) is 6. The molecule has 5 rings (SSSR count). The molecule has 1 heterocycles. The topological polar surface area (TPSA) is 89.8 Å². The molecule has 0 saturated carbocycles. The molecule has 0 aromatic heterocycles. The zero-order valence-corrected chi connectivity index (χ0v) is 22.9. The van der Waals surface area contributed by atoms with Crippen LogP contribution in [-0.4, -0.2) is 28.4 Å². The van der Waals surface area contributed by atoms with Crippen LogP contribution in [0.1, 0.15) is 55.6 Å². The fourth-order valence-corrected chi connectivity index (χ4v) is 6.89. The number of carbonyl (C=O) groups is 2. The summed E-state index contributed by atoms with van der Waals surface area (Å²) in [5.41, 5.74) is 5.26. The molecule has 1 aliphatic heterocycles. The second-order valence-electron chi connectivity index (χ2n) is 9.29. The van der Waals surface area contributed by atoms with Crippen LogP contribution in [0.4, 0.5) is 5.69 Å². The third-order valence-corrected chi connectivity index (χ3v) is 8.31. The van der Waals surface area contributed by atoms with Crippen molar-refractivity contribution in [3.8, 4) is 5.75 Å². The third-order valence-electron chi connectivity index (χ3n) is 7.13. The first kappa shape index (κ1) is 24.9. The van der Waals surface area contributed by atoms with Gasteiger partial charge in [-0.2, -0.15) is 0 Å². The quantitative estimate of drug-likeness (QED) is 0.273. The van der Waals surface area contributed by atoms with Crippen molar-refractivity contribution >= 4 is 49.1 Å². The highest BCUT2D eigenvalue weighted by Crippen LogP contribution is 2.50. The van der Waals surface area contributed by atoms with E-state index in [0.29, 0.717) is 27.5 Å². The zero-order valence-electron chi connectivity index (χ0n) is 19.7. The molecule has 0 unspecified atom stereocenters. The summed E-state index contributed by atoms with van der Waals surface area (Å²) in [5, 5.41) is 10.9. The molecular formula is C27H24Br2N2O5. The van der Waals surface area contributed by atoms with Gasteiger partial charge in [0.2, 0.25) is 0 Å². The third kappa shape index (κ3) is 4.43. The molecule has 9 heteroatoms. The first-order valence-corrected chi connectivity index (χ1v) is 13.5. The number of non-ortho nitro benzene ring substituents is 1. The van der Waals surface area contributed by atoms with Crippen LogP contribution in [-0.2, 0) is 16.2 Å². The summed E-state index contributed by atoms with van der Waals surface area (Å²) >= 11 is 7.26. The van der Waals surface area contributed by atoms with Crippen LogP contribution in [0.2, 0.25) is 0 Å². The number of Topliss-reactive ketones (excluding diaryl/α,β-unsaturated/α-hetero) is 2. The van der Waals surface area contributed by atoms with E-state index in [1.54, 1.807) is 12.1 Å². The minimum atomic E-state index is -0.435. The monoisotopic (exact) mass is 614 g/mol. The van der Waals surface area contributed by atoms with Gasteiger partial charge in [-0.25, -0.2) is 0 Å². The number of carbonyl (C=O) groups excluding carboxylic acids is 2. The smallest absolute Gasteiger partial charge is 0.269 e. The van der Waals surface area contributed by atoms with Crippen molar-refractivity contribution in [3.05, 3.63) is 89.1 Å². The Hall–Kier alpha value is -2.78. The molecule has 0 bridgehead atoms. The fraction of sp³-hybridized carbons (Fsp3) is 0.333. The van der Waals surface area contributed by atoms with Crippen LogP contribution >= 0.6 is 31.9 Å². The number of nitrogens with zero attached hydrogens (tertiary/aromatic N) is 2. The molecule has 3 aliphatic rings. The van der Waals surface area contributed by atoms with Gasteiger partial charge >= 0.3 is 0 Å². The number of ketones is 2. The maximum atomic E-state index is 13.2. The van der Waals surface area contributed by atoms with E-state index >= 15 is 0 Å². The van der Waals surface area contributed by atoms with Gasteiger partial charge in [-0.05, 0) is 92.9 Å². The van der Waals surface area contributed by atoms with Gasteiger partial charge in [0.05, 0.1) is 13.9 Å². The summed E-state index contributed by atoms with van der Waals surface area (Å²) < 4.78 is 7.43. The van der Waals surface area contributed by atoms with E-state index in [9.17, 15) is 19.7 Å². The number of benzene rings is 2. The summed E-state index contributed by atoms with van der Waals surface area (Å²) in [7, 11) is 1.99. The summed E-state index contributed by atoms with van der Waals surface area (Å²) in [6.45, 7) is 0.227. The van der Waals surface area contributed by atoms with Crippen LogP contribution in [0, 0.1) is 10.1 Å². The number of nitro benzene ring substituents is 1. The first-order chi connectivity index (χ1) is 17.3. The largest absolute Gasteiger partial charge is 0.487 e. The van der Waals surface area contributed by atoms with E-state index in [0.717, 1.165) is 59.4 Å². The van der Waals surface area contributed by atoms with Crippen LogP contribution < -0.4 is 4.74 Å². The molecule has 0 spiro atoms. The number of halogens is 2. The molecule has 0 radical (unpaired) electrons. The van der Waals surface area contributed by atoms with E-state index in [1.807, 2.05) is 19.2 Å². The molecule has 7 nitrogen and oxygen atoms in total. The van der Waals surface area contributed by atoms with E-state index < -0.39 is 4.92 Å². The Balaban J connectivity index is 1.50. The minimum absolute atomic E-state index is 0.0282. The Morgan fingerprint density at radius 2 is 1.47 bits per heavy atom. The summed E-state index contributed by atoms with van der Waals surface area (Å²) in [5.74, 6) is 0.425. The van der Waals surface area contributed by atoms with Crippen molar-refractivity contribution in [2.45, 2.75) is 51.0 Å². The number of ether oxygens (including phenoxy) is 1. The predicted molar refractivity (Wildman–Crippen MR) is 142 cm³/mol. The van der Waals surface area contributed by atoms with Gasteiger partial charge in [0.25, 0.3) is 5.69 Å². The van der Waals surface area contributed by atoms with E-state index in [-0.39, 0.29) is 29.8 Å². The molecule has 0 amide bonds. The van der Waals surface area contributed by atoms with Crippen molar-refractivity contribution in [2.24, 2.45) is 0 Å². The lowest BCUT2D eigenvalue weighted by atomic mass is 9.71. The Morgan fingerprint density at radius 1 is 0.944 bits per heavy atom. The maximum absolute atomic E-state index is 13.2. The molecule has 0 saturated heterocycles. The average molecular weight is 616 g/mol. The van der Waals surface area contributed by atoms with Crippen molar-refractivity contribution in [1.82, 2.24) is 4.90 Å². The van der Waals surface area contributed by atoms with Crippen LogP contribution in [0.3, 0.4) is 0 Å². The number of nitro groups is 1. The lowest BCUT2D eigenvalue weighted by Crippen LogP contribution is -2.37. The SMILES string of the molecule is CN1C2=C(C(=O)CCC2)C(c2cc(Br)c(OCc3ccc([N+](=O)[O-])cc3)c(Br)c2)C2=C1CCCC2=O. The van der Waals surface area contributed by atoms with Gasteiger partial charge in [0, 0.05) is 60.5 Å². The van der Waals surface area contributed by atoms with Crippen LogP contribution in [0.25, 0.3) is 0 Å². The lowest BCUT2D eigenvalue weighted by molar-refractivity contribution is -0.384. The van der Waals surface area contributed by atoms with Gasteiger partial charge in [-0.15, -0.1) is 0 Å². The van der Waals surface area contributed by atoms with E-state index in [4.69, 9.17) is 4.74 Å². The molecule has 2 aromatic carbocycles. The normalized spacial score (nSPS) is 18.4. The summed E-state index contributed by atoms with van der Waals surface area (Å²) in [6, 6.07) is 10.1. The van der Waals surface area contributed by atoms with Crippen LogP contribution in [0.5, 0.6) is 5.75 Å². The maximum Gasteiger partial charge on any atom is 0.269 e. The standard InChI is InChI=1S/C27H24Br2N2O5/c1-30-20-4-2-6-22(32)25(20)24(26-21(30)5-3-7-23(26)33)16-12-18(28)27(19(29)13-16)36-14-15-8-10-17(11-9-15)31(34)35/h8-13,24H,2-7,14H2,1H3. The average Bonchev–Trinajstić information content (AvgIpc) is 2.85. The van der Waals surface area contributed by atoms with Gasteiger partial charge in [-0.3, -0.25) is 19.7 Å². The molecule has 2 aliphatic carbocycles. The van der Waals surface area contributed by atoms with Crippen molar-refractivity contribution in [2.75, 3.05) is 7.05 Å². The van der Waals surface area contributed by atoms with Gasteiger partial charge in [-0.1, -0.05) is 0 Å². The molecule has 0 fully saturated rings. The lowest BCUT2D eigenvalue weighted by Gasteiger charge is -2.42. The number of rotatable bonds is 5. The Morgan fingerprint density at radius 3 is 1.97 bits per heavy atom. The summed E-state index contributed by atoms with van der Waals surface area (Å²) in [6.07, 6.45) is 4.31. The van der Waals surface area contributed by atoms with Crippen LogP contribution in [0.15, 0.2) is 67.9 Å². The second kappa shape index (κ2) is 9.94. The molecular weight excluding hydrogens is 592 g/mol. The molecule has 2 aromatic rings. The van der Waals surface area contributed by atoms with E-state index in [1.165, 1.54) is 12.1 Å². The highest BCUT2D eigenvalue weighted by molar-refractivity contribution is 9.11. The molecule has 186 valence electrons. The van der Waals surface area contributed by atoms with Gasteiger partial charge in [0.1, 0.15) is 12.4 Å². The van der Waals surface area contributed by atoms with E-state index in [2.05, 4.69) is 36.8 Å². The fourth-order valence-electron chi connectivity index (χ4n) is 5.44. The van der Waals surface area contributed by atoms with Gasteiger partial charge in [0.15, 0.2) is 11.6 Å². The second-order valence-corrected chi connectivity index (χ2v) is 11.0.